The summed E-state index contributed by atoms with van der Waals surface area (Å²) < 4.78 is 1.96. The Morgan fingerprint density at radius 3 is 2.78 bits per heavy atom. The number of carbonyl (C=O) groups is 1. The van der Waals surface area contributed by atoms with E-state index in [0.717, 1.165) is 16.0 Å². The number of hydrogen-bond donors (Lipinski definition) is 1. The van der Waals surface area contributed by atoms with E-state index >= 15 is 0 Å². The Bertz CT molecular complexity index is 775. The molecule has 3 rings (SSSR count). The first kappa shape index (κ1) is 15.5. The highest BCUT2D eigenvalue weighted by Crippen LogP contribution is 2.28. The number of carbonyl (C=O) groups excluding carboxylic acids is 1. The number of hydrogen-bond acceptors (Lipinski definition) is 3. The minimum Gasteiger partial charge on any atom is -0.347 e. The van der Waals surface area contributed by atoms with Crippen LogP contribution in [0.4, 0.5) is 0 Å². The number of aryl methyl sites for hydroxylation is 1. The fourth-order valence-corrected chi connectivity index (χ4v) is 3.31. The molecule has 1 amide bonds. The van der Waals surface area contributed by atoms with Crippen LogP contribution < -0.4 is 5.32 Å². The maximum absolute atomic E-state index is 12.6. The quantitative estimate of drug-likeness (QED) is 0.777. The van der Waals surface area contributed by atoms with E-state index in [1.165, 1.54) is 16.9 Å². The zero-order valence-corrected chi connectivity index (χ0v) is 14.0. The lowest BCUT2D eigenvalue weighted by molar-refractivity contribution is 0.0941. The van der Waals surface area contributed by atoms with E-state index in [4.69, 9.17) is 0 Å². The third kappa shape index (κ3) is 3.68. The summed E-state index contributed by atoms with van der Waals surface area (Å²) >= 11 is 1.48. The topological polar surface area (TPSA) is 46.9 Å². The molecule has 1 N–H and O–H groups in total. The molecule has 2 aromatic heterocycles. The van der Waals surface area contributed by atoms with Crippen molar-refractivity contribution >= 4 is 17.2 Å². The average Bonchev–Trinajstić information content (AvgIpc) is 3.19. The number of nitrogens with one attached hydrogen (secondary N) is 1. The van der Waals surface area contributed by atoms with Gasteiger partial charge in [-0.15, -0.1) is 11.3 Å². The summed E-state index contributed by atoms with van der Waals surface area (Å²) in [7, 11) is 0. The summed E-state index contributed by atoms with van der Waals surface area (Å²) in [6.07, 6.45) is 5.39. The van der Waals surface area contributed by atoms with Crippen molar-refractivity contribution < 1.29 is 4.79 Å². The number of rotatable bonds is 5. The minimum absolute atomic E-state index is 0.0248. The second-order valence-corrected chi connectivity index (χ2v) is 6.58. The monoisotopic (exact) mass is 325 g/mol. The first-order valence-corrected chi connectivity index (χ1v) is 8.42. The molecular weight excluding hydrogens is 306 g/mol. The molecule has 1 aromatic carbocycles. The van der Waals surface area contributed by atoms with Gasteiger partial charge in [0.05, 0.1) is 11.2 Å². The highest BCUT2D eigenvalue weighted by atomic mass is 32.1. The number of benzene rings is 1. The molecule has 1 atom stereocenters. The van der Waals surface area contributed by atoms with Crippen LogP contribution >= 0.6 is 11.3 Å². The summed E-state index contributed by atoms with van der Waals surface area (Å²) in [5, 5.41) is 5.03. The van der Waals surface area contributed by atoms with Crippen molar-refractivity contribution in [1.82, 2.24) is 14.9 Å². The number of nitrogens with zero attached hydrogens (tertiary/aromatic N) is 2. The van der Waals surface area contributed by atoms with Crippen LogP contribution in [-0.4, -0.2) is 21.5 Å². The molecule has 0 saturated heterocycles. The molecule has 0 aliphatic heterocycles. The van der Waals surface area contributed by atoms with E-state index in [9.17, 15) is 4.79 Å². The van der Waals surface area contributed by atoms with Crippen LogP contribution in [0.3, 0.4) is 0 Å². The zero-order valence-electron chi connectivity index (χ0n) is 13.2. The molecule has 0 saturated carbocycles. The molecule has 0 unspecified atom stereocenters. The lowest BCUT2D eigenvalue weighted by atomic mass is 10.0. The Balaban J connectivity index is 1.73. The fourth-order valence-electron chi connectivity index (χ4n) is 2.49. The van der Waals surface area contributed by atoms with E-state index in [-0.39, 0.29) is 11.9 Å². The van der Waals surface area contributed by atoms with Gasteiger partial charge >= 0.3 is 0 Å². The SMILES string of the molecule is Cc1ccc(-c2ccsc2C(=O)N[C@@H](C)Cn2ccnc2)cc1. The van der Waals surface area contributed by atoms with E-state index in [2.05, 4.69) is 41.5 Å². The van der Waals surface area contributed by atoms with E-state index in [0.29, 0.717) is 6.54 Å². The number of amides is 1. The number of thiophene rings is 1. The highest BCUT2D eigenvalue weighted by molar-refractivity contribution is 7.12. The Kier molecular flexibility index (Phi) is 4.57. The molecule has 0 spiro atoms. The lowest BCUT2D eigenvalue weighted by Crippen LogP contribution is -2.35. The van der Waals surface area contributed by atoms with Gasteiger partial charge in [0.1, 0.15) is 0 Å². The summed E-state index contributed by atoms with van der Waals surface area (Å²) in [5.74, 6) is -0.0248. The molecule has 118 valence electrons. The fraction of sp³-hybridized carbons (Fsp3) is 0.222. The van der Waals surface area contributed by atoms with Gasteiger partial charge in [-0.2, -0.15) is 0 Å². The van der Waals surface area contributed by atoms with Crippen LogP contribution in [0.25, 0.3) is 11.1 Å². The van der Waals surface area contributed by atoms with Gasteiger partial charge in [0, 0.05) is 30.5 Å². The van der Waals surface area contributed by atoms with E-state index in [1.54, 1.807) is 12.5 Å². The smallest absolute Gasteiger partial charge is 0.262 e. The molecule has 23 heavy (non-hydrogen) atoms. The van der Waals surface area contributed by atoms with Crippen molar-refractivity contribution in [1.29, 1.82) is 0 Å². The molecule has 5 heteroatoms. The van der Waals surface area contributed by atoms with Crippen LogP contribution in [0.1, 0.15) is 22.2 Å². The van der Waals surface area contributed by atoms with Gasteiger partial charge in [0.15, 0.2) is 0 Å². The molecule has 0 radical (unpaired) electrons. The minimum atomic E-state index is -0.0248. The van der Waals surface area contributed by atoms with Gasteiger partial charge in [0.25, 0.3) is 5.91 Å². The third-order valence-electron chi connectivity index (χ3n) is 3.66. The number of imidazole rings is 1. The third-order valence-corrected chi connectivity index (χ3v) is 4.57. The standard InChI is InChI=1S/C18H19N3OS/c1-13-3-5-15(6-4-13)16-7-10-23-17(16)18(22)20-14(2)11-21-9-8-19-12-21/h3-10,12,14H,11H2,1-2H3,(H,20,22)/t14-/m0/s1. The summed E-state index contributed by atoms with van der Waals surface area (Å²) in [4.78, 5) is 17.4. The largest absolute Gasteiger partial charge is 0.347 e. The second-order valence-electron chi connectivity index (χ2n) is 5.66. The van der Waals surface area contributed by atoms with E-state index < -0.39 is 0 Å². The summed E-state index contributed by atoms with van der Waals surface area (Å²) in [6.45, 7) is 4.76. The molecular formula is C18H19N3OS. The molecule has 0 aliphatic carbocycles. The van der Waals surface area contributed by atoms with Crippen LogP contribution in [-0.2, 0) is 6.54 Å². The molecule has 3 aromatic rings. The van der Waals surface area contributed by atoms with Gasteiger partial charge in [-0.1, -0.05) is 29.8 Å². The van der Waals surface area contributed by atoms with Crippen molar-refractivity contribution in [2.24, 2.45) is 0 Å². The Labute approximate surface area is 139 Å². The van der Waals surface area contributed by atoms with Crippen LogP contribution in [0, 0.1) is 6.92 Å². The Morgan fingerprint density at radius 2 is 2.09 bits per heavy atom. The lowest BCUT2D eigenvalue weighted by Gasteiger charge is -2.14. The molecule has 2 heterocycles. The van der Waals surface area contributed by atoms with Crippen molar-refractivity contribution in [2.75, 3.05) is 0 Å². The predicted molar refractivity (Wildman–Crippen MR) is 93.6 cm³/mol. The normalized spacial score (nSPS) is 12.1. The maximum atomic E-state index is 12.6. The summed E-state index contributed by atoms with van der Waals surface area (Å²) in [6, 6.07) is 10.3. The van der Waals surface area contributed by atoms with Gasteiger partial charge < -0.3 is 9.88 Å². The highest BCUT2D eigenvalue weighted by Gasteiger charge is 2.16. The van der Waals surface area contributed by atoms with Gasteiger partial charge in [-0.3, -0.25) is 4.79 Å². The van der Waals surface area contributed by atoms with Gasteiger partial charge in [-0.05, 0) is 30.9 Å². The van der Waals surface area contributed by atoms with Gasteiger partial charge in [0.2, 0.25) is 0 Å². The predicted octanol–water partition coefficient (Wildman–Crippen LogP) is 3.74. The second kappa shape index (κ2) is 6.79. The van der Waals surface area contributed by atoms with Crippen LogP contribution in [0.5, 0.6) is 0 Å². The molecule has 4 nitrogen and oxygen atoms in total. The first-order valence-electron chi connectivity index (χ1n) is 7.54. The summed E-state index contributed by atoms with van der Waals surface area (Å²) in [5.41, 5.74) is 3.27. The van der Waals surface area contributed by atoms with Crippen LogP contribution in [0.2, 0.25) is 0 Å². The number of aromatic nitrogens is 2. The van der Waals surface area contributed by atoms with Crippen molar-refractivity contribution in [3.63, 3.8) is 0 Å². The van der Waals surface area contributed by atoms with Crippen molar-refractivity contribution in [2.45, 2.75) is 26.4 Å². The molecule has 0 bridgehead atoms. The zero-order chi connectivity index (χ0) is 16.2. The average molecular weight is 325 g/mol. The molecule has 0 aliphatic rings. The Hall–Kier alpha value is -2.40. The van der Waals surface area contributed by atoms with Crippen molar-refractivity contribution in [3.05, 3.63) is 64.9 Å². The van der Waals surface area contributed by atoms with E-state index in [1.807, 2.05) is 29.1 Å². The van der Waals surface area contributed by atoms with Crippen molar-refractivity contribution in [3.8, 4) is 11.1 Å². The first-order chi connectivity index (χ1) is 11.1. The maximum Gasteiger partial charge on any atom is 0.262 e. The van der Waals surface area contributed by atoms with Gasteiger partial charge in [-0.25, -0.2) is 4.98 Å². The Morgan fingerprint density at radius 1 is 1.30 bits per heavy atom. The van der Waals surface area contributed by atoms with Crippen LogP contribution in [0.15, 0.2) is 54.4 Å². The molecule has 0 fully saturated rings.